The third-order valence-electron chi connectivity index (χ3n) is 3.17. The maximum Gasteiger partial charge on any atom is 0.335 e. The van der Waals surface area contributed by atoms with Crippen molar-refractivity contribution < 1.29 is 19.1 Å². The van der Waals surface area contributed by atoms with E-state index in [2.05, 4.69) is 10.6 Å². The summed E-state index contributed by atoms with van der Waals surface area (Å²) < 4.78 is 13.5. The van der Waals surface area contributed by atoms with Crippen molar-refractivity contribution in [2.75, 3.05) is 11.9 Å². The van der Waals surface area contributed by atoms with Crippen LogP contribution >= 0.6 is 0 Å². The second-order valence-electron chi connectivity index (χ2n) is 4.52. The number of anilines is 1. The Kier molecular flexibility index (Phi) is 5.96. The number of benzene rings is 1. The SMILES string of the molecule is CCC(CC)CNC(=O)Nc1cc(C(=O)O)ccc1F. The zero-order chi connectivity index (χ0) is 15.1. The number of hydrogen-bond acceptors (Lipinski definition) is 2. The van der Waals surface area contributed by atoms with Crippen LogP contribution in [0.4, 0.5) is 14.9 Å². The van der Waals surface area contributed by atoms with E-state index >= 15 is 0 Å². The second-order valence-corrected chi connectivity index (χ2v) is 4.52. The van der Waals surface area contributed by atoms with Crippen LogP contribution in [0.25, 0.3) is 0 Å². The van der Waals surface area contributed by atoms with Gasteiger partial charge in [0.25, 0.3) is 0 Å². The number of carbonyl (C=O) groups is 2. The highest BCUT2D eigenvalue weighted by molar-refractivity contribution is 5.93. The fraction of sp³-hybridized carbons (Fsp3) is 0.429. The Bertz CT molecular complexity index is 487. The molecular weight excluding hydrogens is 263 g/mol. The first kappa shape index (κ1) is 15.9. The second kappa shape index (κ2) is 7.47. The molecule has 0 atom stereocenters. The molecule has 1 aromatic carbocycles. The van der Waals surface area contributed by atoms with Gasteiger partial charge in [-0.15, -0.1) is 0 Å². The molecule has 0 aliphatic heterocycles. The number of halogens is 1. The van der Waals surface area contributed by atoms with E-state index in [0.717, 1.165) is 31.0 Å². The van der Waals surface area contributed by atoms with Gasteiger partial charge in [-0.1, -0.05) is 26.7 Å². The van der Waals surface area contributed by atoms with Gasteiger partial charge in [-0.3, -0.25) is 0 Å². The molecule has 0 fully saturated rings. The molecule has 3 N–H and O–H groups in total. The molecule has 0 aromatic heterocycles. The van der Waals surface area contributed by atoms with E-state index < -0.39 is 17.8 Å². The van der Waals surface area contributed by atoms with E-state index in [1.54, 1.807) is 0 Å². The van der Waals surface area contributed by atoms with Gasteiger partial charge in [0.1, 0.15) is 5.82 Å². The van der Waals surface area contributed by atoms with Crippen LogP contribution in [0.5, 0.6) is 0 Å². The molecule has 110 valence electrons. The number of carboxylic acids is 1. The van der Waals surface area contributed by atoms with E-state index in [1.807, 2.05) is 13.8 Å². The molecule has 0 heterocycles. The molecular formula is C14H19FN2O3. The smallest absolute Gasteiger partial charge is 0.335 e. The molecule has 0 aliphatic carbocycles. The van der Waals surface area contributed by atoms with Crippen molar-refractivity contribution in [1.29, 1.82) is 0 Å². The number of aromatic carboxylic acids is 1. The van der Waals surface area contributed by atoms with Crippen LogP contribution < -0.4 is 10.6 Å². The predicted octanol–water partition coefficient (Wildman–Crippen LogP) is 3.08. The minimum absolute atomic E-state index is 0.0818. The number of nitrogens with one attached hydrogen (secondary N) is 2. The molecule has 1 rings (SSSR count). The Hall–Kier alpha value is -2.11. The monoisotopic (exact) mass is 282 g/mol. The molecule has 1 aromatic rings. The topological polar surface area (TPSA) is 78.4 Å². The van der Waals surface area contributed by atoms with Crippen molar-refractivity contribution in [3.63, 3.8) is 0 Å². The van der Waals surface area contributed by atoms with Crippen molar-refractivity contribution in [2.45, 2.75) is 26.7 Å². The first-order chi connectivity index (χ1) is 9.47. The van der Waals surface area contributed by atoms with Gasteiger partial charge in [0, 0.05) is 6.54 Å². The average molecular weight is 282 g/mol. The van der Waals surface area contributed by atoms with E-state index in [9.17, 15) is 14.0 Å². The highest BCUT2D eigenvalue weighted by Crippen LogP contribution is 2.16. The first-order valence-corrected chi connectivity index (χ1v) is 6.55. The van der Waals surface area contributed by atoms with Crippen LogP contribution in [0.2, 0.25) is 0 Å². The van der Waals surface area contributed by atoms with E-state index in [-0.39, 0.29) is 11.3 Å². The Labute approximate surface area is 117 Å². The lowest BCUT2D eigenvalue weighted by Crippen LogP contribution is -2.33. The Morgan fingerprint density at radius 2 is 1.95 bits per heavy atom. The van der Waals surface area contributed by atoms with Crippen molar-refractivity contribution >= 4 is 17.7 Å². The van der Waals surface area contributed by atoms with E-state index in [1.165, 1.54) is 0 Å². The summed E-state index contributed by atoms with van der Waals surface area (Å²) in [7, 11) is 0. The van der Waals surface area contributed by atoms with E-state index in [4.69, 9.17) is 5.11 Å². The zero-order valence-electron chi connectivity index (χ0n) is 11.6. The summed E-state index contributed by atoms with van der Waals surface area (Å²) in [5, 5.41) is 13.8. The van der Waals surface area contributed by atoms with Gasteiger partial charge in [-0.2, -0.15) is 0 Å². The van der Waals surface area contributed by atoms with Crippen LogP contribution in [0, 0.1) is 11.7 Å². The number of amides is 2. The lowest BCUT2D eigenvalue weighted by molar-refractivity contribution is 0.0697. The largest absolute Gasteiger partial charge is 0.478 e. The van der Waals surface area contributed by atoms with Crippen LogP contribution in [-0.4, -0.2) is 23.7 Å². The standard InChI is InChI=1S/C14H19FN2O3/c1-3-9(4-2)8-16-14(20)17-12-7-10(13(18)19)5-6-11(12)15/h5-7,9H,3-4,8H2,1-2H3,(H,18,19)(H2,16,17,20). The Morgan fingerprint density at radius 1 is 1.30 bits per heavy atom. The average Bonchev–Trinajstić information content (AvgIpc) is 2.42. The molecule has 20 heavy (non-hydrogen) atoms. The molecule has 0 spiro atoms. The third kappa shape index (κ3) is 4.53. The number of urea groups is 1. The van der Waals surface area contributed by atoms with Gasteiger partial charge in [0.2, 0.25) is 0 Å². The number of rotatable bonds is 6. The van der Waals surface area contributed by atoms with Crippen molar-refractivity contribution in [3.05, 3.63) is 29.6 Å². The molecule has 0 bridgehead atoms. The van der Waals surface area contributed by atoms with Crippen molar-refractivity contribution in [3.8, 4) is 0 Å². The van der Waals surface area contributed by atoms with Crippen molar-refractivity contribution in [2.24, 2.45) is 5.92 Å². The fourth-order valence-corrected chi connectivity index (χ4v) is 1.73. The zero-order valence-corrected chi connectivity index (χ0v) is 11.6. The van der Waals surface area contributed by atoms with Crippen molar-refractivity contribution in [1.82, 2.24) is 5.32 Å². The summed E-state index contributed by atoms with van der Waals surface area (Å²) >= 11 is 0. The lowest BCUT2D eigenvalue weighted by atomic mass is 10.0. The number of carbonyl (C=O) groups excluding carboxylic acids is 1. The normalized spacial score (nSPS) is 10.4. The highest BCUT2D eigenvalue weighted by atomic mass is 19.1. The lowest BCUT2D eigenvalue weighted by Gasteiger charge is -2.14. The van der Waals surface area contributed by atoms with Gasteiger partial charge in [0.15, 0.2) is 0 Å². The minimum Gasteiger partial charge on any atom is -0.478 e. The van der Waals surface area contributed by atoms with Crippen LogP contribution in [0.3, 0.4) is 0 Å². The molecule has 6 heteroatoms. The van der Waals surface area contributed by atoms with Crippen LogP contribution in [0.15, 0.2) is 18.2 Å². The molecule has 5 nitrogen and oxygen atoms in total. The summed E-state index contributed by atoms with van der Waals surface area (Å²) in [6.07, 6.45) is 1.89. The highest BCUT2D eigenvalue weighted by Gasteiger charge is 2.12. The third-order valence-corrected chi connectivity index (χ3v) is 3.17. The van der Waals surface area contributed by atoms with Gasteiger partial charge in [-0.25, -0.2) is 14.0 Å². The summed E-state index contributed by atoms with van der Waals surface area (Å²) in [6.45, 7) is 4.56. The quantitative estimate of drug-likeness (QED) is 0.750. The van der Waals surface area contributed by atoms with Crippen LogP contribution in [-0.2, 0) is 0 Å². The van der Waals surface area contributed by atoms with Gasteiger partial charge < -0.3 is 15.7 Å². The Balaban J connectivity index is 2.65. The predicted molar refractivity (Wildman–Crippen MR) is 74.5 cm³/mol. The summed E-state index contributed by atoms with van der Waals surface area (Å²) in [6, 6.07) is 2.71. The van der Waals surface area contributed by atoms with Gasteiger partial charge in [0.05, 0.1) is 11.3 Å². The maximum atomic E-state index is 13.5. The fourth-order valence-electron chi connectivity index (χ4n) is 1.73. The van der Waals surface area contributed by atoms with Gasteiger partial charge in [-0.05, 0) is 24.1 Å². The molecule has 0 aliphatic rings. The molecule has 0 unspecified atom stereocenters. The summed E-state index contributed by atoms with van der Waals surface area (Å²) in [4.78, 5) is 22.4. The molecule has 0 radical (unpaired) electrons. The molecule has 0 saturated carbocycles. The number of hydrogen-bond donors (Lipinski definition) is 3. The van der Waals surface area contributed by atoms with E-state index in [0.29, 0.717) is 12.5 Å². The Morgan fingerprint density at radius 3 is 2.50 bits per heavy atom. The minimum atomic E-state index is -1.18. The maximum absolute atomic E-state index is 13.5. The molecule has 2 amide bonds. The summed E-state index contributed by atoms with van der Waals surface area (Å²) in [5.74, 6) is -1.48. The first-order valence-electron chi connectivity index (χ1n) is 6.55. The number of carboxylic acid groups (broad SMARTS) is 1. The molecule has 0 saturated heterocycles. The summed E-state index contributed by atoms with van der Waals surface area (Å²) in [5.41, 5.74) is -0.228. The van der Waals surface area contributed by atoms with Crippen LogP contribution in [0.1, 0.15) is 37.0 Å². The van der Waals surface area contributed by atoms with Gasteiger partial charge >= 0.3 is 12.0 Å².